The van der Waals surface area contributed by atoms with Gasteiger partial charge in [-0.25, -0.2) is 5.01 Å². The van der Waals surface area contributed by atoms with E-state index in [2.05, 4.69) is 0 Å². The number of hydrazine groups is 1. The number of ketones is 1. The topological polar surface area (TPSA) is 84.0 Å². The number of ether oxygens (including phenoxy) is 1. The maximum atomic E-state index is 13.7. The van der Waals surface area contributed by atoms with Gasteiger partial charge in [-0.2, -0.15) is 5.01 Å². The Morgan fingerprint density at radius 2 is 1.59 bits per heavy atom. The SMILES string of the molecule is COc1ccc(C(=O)[C@H](C)N(C(=O)c2ccccc2Cl)N2C(=O)[C@@H]3[C@H](C2=O)[C@H]2C=C[C@H]3C2)cc1. The number of Topliss-reactive ketones (excluding diaryl/α,β-unsaturated/α-hetero) is 1. The van der Waals surface area contributed by atoms with E-state index >= 15 is 0 Å². The standard InChI is InChI=1S/C26H23ClN2O5/c1-14(23(30)15-9-11-18(34-2)12-10-15)28(24(31)19-5-3-4-6-20(19)27)29-25(32)21-16-7-8-17(13-16)22(21)26(29)33/h3-12,14,16-17,21-22H,13H2,1-2H3/t14-,16-,17-,21-,22+/m0/s1. The zero-order chi connectivity index (χ0) is 24.1. The molecule has 1 saturated heterocycles. The Kier molecular flexibility index (Phi) is 5.52. The van der Waals surface area contributed by atoms with Gasteiger partial charge in [-0.3, -0.25) is 19.2 Å². The first kappa shape index (κ1) is 22.3. The third kappa shape index (κ3) is 3.34. The second kappa shape index (κ2) is 8.40. The van der Waals surface area contributed by atoms with E-state index in [4.69, 9.17) is 16.3 Å². The lowest BCUT2D eigenvalue weighted by molar-refractivity contribution is -0.157. The molecule has 2 aromatic rings. The molecule has 0 radical (unpaired) electrons. The molecule has 7 nitrogen and oxygen atoms in total. The number of hydrogen-bond acceptors (Lipinski definition) is 5. The highest BCUT2D eigenvalue weighted by Gasteiger charge is 2.61. The summed E-state index contributed by atoms with van der Waals surface area (Å²) in [5.74, 6) is -2.47. The lowest BCUT2D eigenvalue weighted by Crippen LogP contribution is -2.57. The van der Waals surface area contributed by atoms with E-state index in [9.17, 15) is 19.2 Å². The van der Waals surface area contributed by atoms with E-state index in [1.54, 1.807) is 42.5 Å². The monoisotopic (exact) mass is 478 g/mol. The van der Waals surface area contributed by atoms with Crippen LogP contribution in [0.1, 0.15) is 34.1 Å². The molecular formula is C26H23ClN2O5. The van der Waals surface area contributed by atoms with Gasteiger partial charge in [-0.1, -0.05) is 35.9 Å². The molecule has 3 amide bonds. The summed E-state index contributed by atoms with van der Waals surface area (Å²) < 4.78 is 5.15. The Hall–Kier alpha value is -3.45. The number of amides is 3. The third-order valence-electron chi connectivity index (χ3n) is 7.10. The molecule has 2 fully saturated rings. The van der Waals surface area contributed by atoms with Crippen molar-refractivity contribution in [2.75, 3.05) is 7.11 Å². The molecule has 8 heteroatoms. The predicted octanol–water partition coefficient (Wildman–Crippen LogP) is 3.78. The molecule has 2 bridgehead atoms. The van der Waals surface area contributed by atoms with E-state index < -0.39 is 41.4 Å². The van der Waals surface area contributed by atoms with Crippen LogP contribution >= 0.6 is 11.6 Å². The first-order valence-corrected chi connectivity index (χ1v) is 11.5. The first-order chi connectivity index (χ1) is 16.3. The van der Waals surface area contributed by atoms with Crippen LogP contribution in [0.5, 0.6) is 5.75 Å². The van der Waals surface area contributed by atoms with Crippen molar-refractivity contribution in [3.05, 3.63) is 76.8 Å². The third-order valence-corrected chi connectivity index (χ3v) is 7.43. The highest BCUT2D eigenvalue weighted by atomic mass is 35.5. The number of nitrogens with zero attached hydrogens (tertiary/aromatic N) is 2. The van der Waals surface area contributed by atoms with Crippen LogP contribution in [0, 0.1) is 23.7 Å². The summed E-state index contributed by atoms with van der Waals surface area (Å²) in [6, 6.07) is 11.7. The number of rotatable bonds is 6. The van der Waals surface area contributed by atoms with E-state index in [1.807, 2.05) is 12.2 Å². The van der Waals surface area contributed by atoms with Crippen molar-refractivity contribution in [3.63, 3.8) is 0 Å². The fraction of sp³-hybridized carbons (Fsp3) is 0.308. The molecule has 5 rings (SSSR count). The molecule has 1 saturated carbocycles. The fourth-order valence-corrected chi connectivity index (χ4v) is 5.62. The summed E-state index contributed by atoms with van der Waals surface area (Å²) >= 11 is 6.28. The summed E-state index contributed by atoms with van der Waals surface area (Å²) in [5, 5.41) is 2.07. The zero-order valence-electron chi connectivity index (χ0n) is 18.7. The van der Waals surface area contributed by atoms with Crippen molar-refractivity contribution in [1.29, 1.82) is 0 Å². The Bertz CT molecular complexity index is 1190. The summed E-state index contributed by atoms with van der Waals surface area (Å²) in [6.45, 7) is 1.52. The molecule has 0 unspecified atom stereocenters. The van der Waals surface area contributed by atoms with Gasteiger partial charge in [0.15, 0.2) is 5.78 Å². The second-order valence-corrected chi connectivity index (χ2v) is 9.29. The van der Waals surface area contributed by atoms with Crippen LogP contribution in [0.4, 0.5) is 0 Å². The minimum Gasteiger partial charge on any atom is -0.497 e. The number of hydrogen-bond donors (Lipinski definition) is 0. The number of halogens is 1. The molecule has 5 atom stereocenters. The number of benzene rings is 2. The Morgan fingerprint density at radius 3 is 2.15 bits per heavy atom. The van der Waals surface area contributed by atoms with Crippen LogP contribution in [-0.4, -0.2) is 46.7 Å². The molecule has 0 aromatic heterocycles. The summed E-state index contributed by atoms with van der Waals surface area (Å²) in [7, 11) is 1.52. The van der Waals surface area contributed by atoms with Gasteiger partial charge in [0.1, 0.15) is 11.8 Å². The number of carbonyl (C=O) groups excluding carboxylic acids is 4. The predicted molar refractivity (Wildman–Crippen MR) is 124 cm³/mol. The first-order valence-electron chi connectivity index (χ1n) is 11.2. The molecule has 0 N–H and O–H groups in total. The number of fused-ring (bicyclic) bond motifs is 5. The average molecular weight is 479 g/mol. The Balaban J connectivity index is 1.54. The summed E-state index contributed by atoms with van der Waals surface area (Å²) in [4.78, 5) is 54.2. The summed E-state index contributed by atoms with van der Waals surface area (Å²) in [6.07, 6.45) is 4.72. The van der Waals surface area contributed by atoms with Crippen molar-refractivity contribution in [2.45, 2.75) is 19.4 Å². The minimum absolute atomic E-state index is 0.0266. The Labute approximate surface area is 201 Å². The van der Waals surface area contributed by atoms with Crippen molar-refractivity contribution < 1.29 is 23.9 Å². The largest absolute Gasteiger partial charge is 0.497 e. The molecule has 2 aliphatic carbocycles. The normalized spacial score (nSPS) is 25.4. The number of carbonyl (C=O) groups is 4. The molecule has 2 aromatic carbocycles. The van der Waals surface area contributed by atoms with Crippen LogP contribution in [0.3, 0.4) is 0 Å². The second-order valence-electron chi connectivity index (χ2n) is 8.89. The van der Waals surface area contributed by atoms with Crippen LogP contribution in [0.2, 0.25) is 5.02 Å². The highest BCUT2D eigenvalue weighted by Crippen LogP contribution is 2.53. The lowest BCUT2D eigenvalue weighted by Gasteiger charge is -2.35. The molecule has 1 heterocycles. The lowest BCUT2D eigenvalue weighted by atomic mass is 9.85. The maximum absolute atomic E-state index is 13.7. The molecule has 0 spiro atoms. The molecule has 34 heavy (non-hydrogen) atoms. The number of methoxy groups -OCH3 is 1. The van der Waals surface area contributed by atoms with Gasteiger partial charge in [0, 0.05) is 5.56 Å². The quantitative estimate of drug-likeness (QED) is 0.358. The van der Waals surface area contributed by atoms with Crippen molar-refractivity contribution >= 4 is 35.1 Å². The minimum atomic E-state index is -1.13. The van der Waals surface area contributed by atoms with Crippen molar-refractivity contribution in [1.82, 2.24) is 10.0 Å². The van der Waals surface area contributed by atoms with Crippen LogP contribution in [0.15, 0.2) is 60.7 Å². The van der Waals surface area contributed by atoms with Gasteiger partial charge in [-0.15, -0.1) is 0 Å². The van der Waals surface area contributed by atoms with Gasteiger partial charge in [0.2, 0.25) is 0 Å². The van der Waals surface area contributed by atoms with E-state index in [0.29, 0.717) is 11.3 Å². The van der Waals surface area contributed by atoms with Gasteiger partial charge < -0.3 is 4.74 Å². The molecule has 3 aliphatic rings. The van der Waals surface area contributed by atoms with E-state index in [0.717, 1.165) is 16.4 Å². The fourth-order valence-electron chi connectivity index (χ4n) is 5.40. The number of allylic oxidation sites excluding steroid dienone is 2. The van der Waals surface area contributed by atoms with Gasteiger partial charge in [0.25, 0.3) is 17.7 Å². The van der Waals surface area contributed by atoms with Crippen LogP contribution in [0.25, 0.3) is 0 Å². The maximum Gasteiger partial charge on any atom is 0.275 e. The molecule has 1 aliphatic heterocycles. The van der Waals surface area contributed by atoms with Gasteiger partial charge >= 0.3 is 0 Å². The summed E-state index contributed by atoms with van der Waals surface area (Å²) in [5.41, 5.74) is 0.434. The highest BCUT2D eigenvalue weighted by molar-refractivity contribution is 6.34. The van der Waals surface area contributed by atoms with E-state index in [1.165, 1.54) is 20.1 Å². The number of imide groups is 1. The van der Waals surface area contributed by atoms with E-state index in [-0.39, 0.29) is 22.4 Å². The van der Waals surface area contributed by atoms with Gasteiger partial charge in [-0.05, 0) is 61.6 Å². The zero-order valence-corrected chi connectivity index (χ0v) is 19.4. The average Bonchev–Trinajstić information content (AvgIpc) is 3.54. The van der Waals surface area contributed by atoms with Crippen molar-refractivity contribution in [2.24, 2.45) is 23.7 Å². The van der Waals surface area contributed by atoms with Crippen molar-refractivity contribution in [3.8, 4) is 5.75 Å². The van der Waals surface area contributed by atoms with Crippen LogP contribution in [-0.2, 0) is 9.59 Å². The van der Waals surface area contributed by atoms with Crippen LogP contribution < -0.4 is 4.74 Å². The van der Waals surface area contributed by atoms with Gasteiger partial charge in [0.05, 0.1) is 29.5 Å². The molecular weight excluding hydrogens is 456 g/mol. The smallest absolute Gasteiger partial charge is 0.275 e. The Morgan fingerprint density at radius 1 is 1.00 bits per heavy atom. The molecule has 174 valence electrons.